The smallest absolute Gasteiger partial charge is 0.0169 e. The van der Waals surface area contributed by atoms with E-state index in [0.717, 1.165) is 6.54 Å². The molecule has 1 aromatic carbocycles. The third-order valence-electron chi connectivity index (χ3n) is 4.33. The molecule has 1 heteroatoms. The van der Waals surface area contributed by atoms with Crippen molar-refractivity contribution in [3.63, 3.8) is 0 Å². The minimum atomic E-state index is 1.10. The van der Waals surface area contributed by atoms with Gasteiger partial charge in [-0.1, -0.05) is 82.3 Å². The summed E-state index contributed by atoms with van der Waals surface area (Å²) < 4.78 is 0. The molecule has 0 bridgehead atoms. The fourth-order valence-corrected chi connectivity index (χ4v) is 3.12. The lowest BCUT2D eigenvalue weighted by Crippen LogP contribution is -2.30. The summed E-state index contributed by atoms with van der Waals surface area (Å²) in [5.41, 5.74) is 4.48. The van der Waals surface area contributed by atoms with Gasteiger partial charge in [-0.15, -0.1) is 0 Å². The summed E-state index contributed by atoms with van der Waals surface area (Å²) in [6.45, 7) is 13.6. The molecule has 1 nitrogen and oxygen atoms in total. The van der Waals surface area contributed by atoms with Crippen LogP contribution in [0.25, 0.3) is 0 Å². The van der Waals surface area contributed by atoms with Gasteiger partial charge in [0.25, 0.3) is 0 Å². The maximum atomic E-state index is 3.85. The SMILES string of the molecule is C=C/C=C(/CCC)C1=CCN(CCCc2ccccc2)CC1.CC. The molecule has 0 saturated heterocycles. The molecule has 2 rings (SSSR count). The molecule has 1 aliphatic heterocycles. The lowest BCUT2D eigenvalue weighted by Gasteiger charge is -2.27. The average molecular weight is 326 g/mol. The van der Waals surface area contributed by atoms with Crippen LogP contribution in [0, 0.1) is 0 Å². The van der Waals surface area contributed by atoms with Crippen molar-refractivity contribution in [2.75, 3.05) is 19.6 Å². The Kier molecular flexibility index (Phi) is 10.9. The van der Waals surface area contributed by atoms with Crippen molar-refractivity contribution in [3.05, 3.63) is 71.8 Å². The van der Waals surface area contributed by atoms with Crippen LogP contribution in [0.15, 0.2) is 66.3 Å². The predicted molar refractivity (Wildman–Crippen MR) is 108 cm³/mol. The van der Waals surface area contributed by atoms with Crippen molar-refractivity contribution in [2.45, 2.75) is 52.9 Å². The fourth-order valence-electron chi connectivity index (χ4n) is 3.12. The van der Waals surface area contributed by atoms with Crippen LogP contribution < -0.4 is 0 Å². The zero-order valence-corrected chi connectivity index (χ0v) is 15.9. The van der Waals surface area contributed by atoms with Gasteiger partial charge in [-0.05, 0) is 48.9 Å². The molecular weight excluding hydrogens is 290 g/mol. The van der Waals surface area contributed by atoms with Crippen LogP contribution in [-0.4, -0.2) is 24.5 Å². The largest absolute Gasteiger partial charge is 0.299 e. The monoisotopic (exact) mass is 325 g/mol. The van der Waals surface area contributed by atoms with E-state index in [1.807, 2.05) is 19.9 Å². The van der Waals surface area contributed by atoms with Crippen LogP contribution in [0.1, 0.15) is 52.0 Å². The van der Waals surface area contributed by atoms with Crippen LogP contribution in [0.4, 0.5) is 0 Å². The molecule has 0 saturated carbocycles. The standard InChI is InChI=1S/C21H29N.C2H6/c1-3-9-20(10-4-2)21-14-17-22(18-15-21)16-8-13-19-11-6-5-7-12-19;1-2/h3,5-7,9,11-12,14H,1,4,8,10,13,15-18H2,2H3;1-2H3/b20-9-;. The zero-order chi connectivity index (χ0) is 17.6. The Morgan fingerprint density at radius 1 is 1.21 bits per heavy atom. The zero-order valence-electron chi connectivity index (χ0n) is 15.9. The Bertz CT molecular complexity index is 510. The van der Waals surface area contributed by atoms with Crippen molar-refractivity contribution in [1.29, 1.82) is 0 Å². The molecule has 0 unspecified atom stereocenters. The van der Waals surface area contributed by atoms with E-state index in [0.29, 0.717) is 0 Å². The number of hydrogen-bond acceptors (Lipinski definition) is 1. The van der Waals surface area contributed by atoms with Crippen molar-refractivity contribution >= 4 is 0 Å². The molecular formula is C23H35N. The topological polar surface area (TPSA) is 3.24 Å². The van der Waals surface area contributed by atoms with Crippen molar-refractivity contribution in [1.82, 2.24) is 4.90 Å². The highest BCUT2D eigenvalue weighted by Crippen LogP contribution is 2.23. The van der Waals surface area contributed by atoms with Gasteiger partial charge in [0.2, 0.25) is 0 Å². The lowest BCUT2D eigenvalue weighted by molar-refractivity contribution is 0.291. The average Bonchev–Trinajstić information content (AvgIpc) is 2.65. The quantitative estimate of drug-likeness (QED) is 0.515. The summed E-state index contributed by atoms with van der Waals surface area (Å²) in [7, 11) is 0. The molecule has 0 N–H and O–H groups in total. The van der Waals surface area contributed by atoms with Gasteiger partial charge in [-0.2, -0.15) is 0 Å². The fraction of sp³-hybridized carbons (Fsp3) is 0.478. The summed E-state index contributed by atoms with van der Waals surface area (Å²) in [4.78, 5) is 2.57. The van der Waals surface area contributed by atoms with E-state index in [2.05, 4.69) is 60.9 Å². The minimum absolute atomic E-state index is 1.10. The molecule has 0 radical (unpaired) electrons. The molecule has 1 heterocycles. The van der Waals surface area contributed by atoms with Gasteiger partial charge < -0.3 is 0 Å². The van der Waals surface area contributed by atoms with Gasteiger partial charge in [-0.3, -0.25) is 4.90 Å². The van der Waals surface area contributed by atoms with E-state index in [1.54, 1.807) is 5.57 Å². The van der Waals surface area contributed by atoms with E-state index in [-0.39, 0.29) is 0 Å². The van der Waals surface area contributed by atoms with Crippen LogP contribution in [-0.2, 0) is 6.42 Å². The first-order chi connectivity index (χ1) is 11.8. The first-order valence-corrected chi connectivity index (χ1v) is 9.60. The number of rotatable bonds is 8. The Labute approximate surface area is 149 Å². The molecule has 0 spiro atoms. The number of aryl methyl sites for hydroxylation is 1. The Morgan fingerprint density at radius 2 is 1.96 bits per heavy atom. The second kappa shape index (κ2) is 12.8. The van der Waals surface area contributed by atoms with E-state index in [9.17, 15) is 0 Å². The first-order valence-electron chi connectivity index (χ1n) is 9.60. The van der Waals surface area contributed by atoms with Crippen molar-refractivity contribution < 1.29 is 0 Å². The third kappa shape index (κ3) is 7.31. The third-order valence-corrected chi connectivity index (χ3v) is 4.33. The van der Waals surface area contributed by atoms with Gasteiger partial charge in [-0.25, -0.2) is 0 Å². The lowest BCUT2D eigenvalue weighted by atomic mass is 9.95. The number of hydrogen-bond donors (Lipinski definition) is 0. The van der Waals surface area contributed by atoms with E-state index in [4.69, 9.17) is 0 Å². The number of allylic oxidation sites excluding steroid dienone is 3. The van der Waals surface area contributed by atoms with Crippen LogP contribution in [0.5, 0.6) is 0 Å². The highest BCUT2D eigenvalue weighted by Gasteiger charge is 2.13. The molecule has 1 aromatic rings. The van der Waals surface area contributed by atoms with E-state index in [1.165, 1.54) is 56.3 Å². The Morgan fingerprint density at radius 3 is 2.54 bits per heavy atom. The molecule has 0 aliphatic carbocycles. The van der Waals surface area contributed by atoms with Gasteiger partial charge in [0.15, 0.2) is 0 Å². The summed E-state index contributed by atoms with van der Waals surface area (Å²) in [5, 5.41) is 0. The molecule has 0 amide bonds. The van der Waals surface area contributed by atoms with Crippen molar-refractivity contribution in [3.8, 4) is 0 Å². The van der Waals surface area contributed by atoms with Crippen LogP contribution >= 0.6 is 0 Å². The Balaban J connectivity index is 0.00000139. The summed E-state index contributed by atoms with van der Waals surface area (Å²) >= 11 is 0. The van der Waals surface area contributed by atoms with Gasteiger partial charge >= 0.3 is 0 Å². The molecule has 1 aliphatic rings. The van der Waals surface area contributed by atoms with Gasteiger partial charge in [0, 0.05) is 13.1 Å². The van der Waals surface area contributed by atoms with E-state index >= 15 is 0 Å². The first kappa shape index (κ1) is 20.4. The summed E-state index contributed by atoms with van der Waals surface area (Å²) in [6.07, 6.45) is 12.5. The predicted octanol–water partition coefficient (Wildman–Crippen LogP) is 6.19. The maximum Gasteiger partial charge on any atom is 0.0169 e. The Hall–Kier alpha value is -1.60. The number of nitrogens with zero attached hydrogens (tertiary/aromatic N) is 1. The van der Waals surface area contributed by atoms with Crippen LogP contribution in [0.2, 0.25) is 0 Å². The van der Waals surface area contributed by atoms with Gasteiger partial charge in [0.1, 0.15) is 0 Å². The molecule has 0 atom stereocenters. The van der Waals surface area contributed by atoms with Crippen molar-refractivity contribution in [2.24, 2.45) is 0 Å². The highest BCUT2D eigenvalue weighted by atomic mass is 15.1. The summed E-state index contributed by atoms with van der Waals surface area (Å²) in [5.74, 6) is 0. The molecule has 24 heavy (non-hydrogen) atoms. The van der Waals surface area contributed by atoms with Crippen LogP contribution in [0.3, 0.4) is 0 Å². The normalized spacial score (nSPS) is 15.3. The van der Waals surface area contributed by atoms with Gasteiger partial charge in [0.05, 0.1) is 0 Å². The highest BCUT2D eigenvalue weighted by molar-refractivity contribution is 5.34. The maximum absolute atomic E-state index is 3.85. The molecule has 132 valence electrons. The second-order valence-electron chi connectivity index (χ2n) is 6.05. The minimum Gasteiger partial charge on any atom is -0.299 e. The number of benzene rings is 1. The van der Waals surface area contributed by atoms with E-state index < -0.39 is 0 Å². The summed E-state index contributed by atoms with van der Waals surface area (Å²) in [6, 6.07) is 10.8. The molecule has 0 aromatic heterocycles. The molecule has 0 fully saturated rings. The second-order valence-corrected chi connectivity index (χ2v) is 6.05.